The lowest BCUT2D eigenvalue weighted by Gasteiger charge is -2.21. The second kappa shape index (κ2) is 6.43. The molecule has 5 heteroatoms. The molecule has 0 amide bonds. The zero-order valence-corrected chi connectivity index (χ0v) is 12.9. The zero-order chi connectivity index (χ0) is 15.4. The van der Waals surface area contributed by atoms with Gasteiger partial charge in [-0.15, -0.1) is 0 Å². The highest BCUT2D eigenvalue weighted by molar-refractivity contribution is 5.85. The smallest absolute Gasteiger partial charge is 0.332 e. The molecule has 112 valence electrons. The van der Waals surface area contributed by atoms with Crippen LogP contribution in [0.2, 0.25) is 0 Å². The SMILES string of the molecule is Cc1ccc(NC2=CC(=O)OC(C)C2)c(N=CN(C)C)c1. The monoisotopic (exact) mass is 287 g/mol. The summed E-state index contributed by atoms with van der Waals surface area (Å²) in [5, 5.41) is 3.29. The summed E-state index contributed by atoms with van der Waals surface area (Å²) in [6.07, 6.45) is 3.83. The first kappa shape index (κ1) is 15.1. The number of nitrogens with zero attached hydrogens (tertiary/aromatic N) is 2. The number of aryl methyl sites for hydroxylation is 1. The summed E-state index contributed by atoms with van der Waals surface area (Å²) in [4.78, 5) is 17.8. The molecule has 21 heavy (non-hydrogen) atoms. The maximum absolute atomic E-state index is 11.5. The molecule has 0 fully saturated rings. The molecular weight excluding hydrogens is 266 g/mol. The van der Waals surface area contributed by atoms with Crippen LogP contribution in [-0.2, 0) is 9.53 Å². The fourth-order valence-electron chi connectivity index (χ4n) is 2.08. The van der Waals surface area contributed by atoms with Crippen molar-refractivity contribution in [3.63, 3.8) is 0 Å². The Bertz CT molecular complexity index is 591. The summed E-state index contributed by atoms with van der Waals surface area (Å²) in [5.41, 5.74) is 3.71. The van der Waals surface area contributed by atoms with E-state index in [9.17, 15) is 4.79 Å². The summed E-state index contributed by atoms with van der Waals surface area (Å²) in [6, 6.07) is 6.00. The van der Waals surface area contributed by atoms with E-state index < -0.39 is 0 Å². The quantitative estimate of drug-likeness (QED) is 0.525. The molecule has 0 aromatic heterocycles. The fraction of sp³-hybridized carbons (Fsp3) is 0.375. The molecule has 1 N–H and O–H groups in total. The minimum Gasteiger partial charge on any atom is -0.459 e. The predicted molar refractivity (Wildman–Crippen MR) is 84.9 cm³/mol. The Balaban J connectivity index is 2.25. The number of aliphatic imine (C=N–C) groups is 1. The molecule has 1 aliphatic heterocycles. The van der Waals surface area contributed by atoms with Crippen molar-refractivity contribution in [2.45, 2.75) is 26.4 Å². The van der Waals surface area contributed by atoms with Gasteiger partial charge in [0.15, 0.2) is 0 Å². The minimum atomic E-state index is -0.304. The van der Waals surface area contributed by atoms with Crippen molar-refractivity contribution in [1.82, 2.24) is 4.90 Å². The Kier molecular flexibility index (Phi) is 4.62. The van der Waals surface area contributed by atoms with Gasteiger partial charge in [-0.05, 0) is 31.5 Å². The normalized spacial score (nSPS) is 18.4. The molecule has 0 saturated carbocycles. The number of anilines is 1. The highest BCUT2D eigenvalue weighted by Crippen LogP contribution is 2.29. The third-order valence-electron chi connectivity index (χ3n) is 2.99. The lowest BCUT2D eigenvalue weighted by molar-refractivity contribution is -0.143. The number of hydrogen-bond acceptors (Lipinski definition) is 4. The number of esters is 1. The van der Waals surface area contributed by atoms with Gasteiger partial charge < -0.3 is 15.0 Å². The zero-order valence-electron chi connectivity index (χ0n) is 12.9. The van der Waals surface area contributed by atoms with Gasteiger partial charge in [-0.25, -0.2) is 9.79 Å². The van der Waals surface area contributed by atoms with Gasteiger partial charge in [0.1, 0.15) is 6.10 Å². The Morgan fingerprint density at radius 1 is 1.43 bits per heavy atom. The van der Waals surface area contributed by atoms with Crippen molar-refractivity contribution in [2.75, 3.05) is 19.4 Å². The molecule has 5 nitrogen and oxygen atoms in total. The molecule has 0 spiro atoms. The molecule has 1 atom stereocenters. The fourth-order valence-corrected chi connectivity index (χ4v) is 2.08. The molecular formula is C16H21N3O2. The van der Waals surface area contributed by atoms with Crippen molar-refractivity contribution < 1.29 is 9.53 Å². The van der Waals surface area contributed by atoms with E-state index in [0.717, 1.165) is 22.6 Å². The molecule has 0 aliphatic carbocycles. The van der Waals surface area contributed by atoms with E-state index >= 15 is 0 Å². The van der Waals surface area contributed by atoms with Gasteiger partial charge in [0, 0.05) is 32.3 Å². The van der Waals surface area contributed by atoms with E-state index in [1.807, 2.05) is 51.0 Å². The Labute approximate surface area is 125 Å². The first-order chi connectivity index (χ1) is 9.94. The van der Waals surface area contributed by atoms with E-state index in [4.69, 9.17) is 4.74 Å². The van der Waals surface area contributed by atoms with Crippen molar-refractivity contribution in [3.8, 4) is 0 Å². The molecule has 0 saturated heterocycles. The van der Waals surface area contributed by atoms with Gasteiger partial charge >= 0.3 is 5.97 Å². The van der Waals surface area contributed by atoms with Crippen LogP contribution in [-0.4, -0.2) is 37.4 Å². The van der Waals surface area contributed by atoms with E-state index in [1.54, 1.807) is 6.34 Å². The van der Waals surface area contributed by atoms with Crippen molar-refractivity contribution >= 4 is 23.7 Å². The minimum absolute atomic E-state index is 0.107. The Hall–Kier alpha value is -2.30. The van der Waals surface area contributed by atoms with Crippen LogP contribution in [0.1, 0.15) is 18.9 Å². The number of rotatable bonds is 4. The van der Waals surface area contributed by atoms with Crippen LogP contribution in [0.15, 0.2) is 35.0 Å². The van der Waals surface area contributed by atoms with Crippen LogP contribution < -0.4 is 5.32 Å². The molecule has 0 radical (unpaired) electrons. The molecule has 0 bridgehead atoms. The van der Waals surface area contributed by atoms with Gasteiger partial charge in [-0.3, -0.25) is 0 Å². The first-order valence-corrected chi connectivity index (χ1v) is 6.93. The summed E-state index contributed by atoms with van der Waals surface area (Å²) in [5.74, 6) is -0.304. The molecule has 1 unspecified atom stereocenters. The van der Waals surface area contributed by atoms with Gasteiger partial charge in [-0.2, -0.15) is 0 Å². The van der Waals surface area contributed by atoms with Crippen molar-refractivity contribution in [3.05, 3.63) is 35.5 Å². The van der Waals surface area contributed by atoms with Crippen LogP contribution in [0.3, 0.4) is 0 Å². The number of nitrogens with one attached hydrogen (secondary N) is 1. The van der Waals surface area contributed by atoms with E-state index in [2.05, 4.69) is 10.3 Å². The third-order valence-corrected chi connectivity index (χ3v) is 2.99. The lowest BCUT2D eigenvalue weighted by atomic mass is 10.1. The number of cyclic esters (lactones) is 1. The van der Waals surface area contributed by atoms with Crippen LogP contribution >= 0.6 is 0 Å². The molecule has 1 aromatic carbocycles. The maximum Gasteiger partial charge on any atom is 0.332 e. The van der Waals surface area contributed by atoms with Crippen LogP contribution in [0, 0.1) is 6.92 Å². The Morgan fingerprint density at radius 3 is 2.86 bits per heavy atom. The van der Waals surface area contributed by atoms with Crippen LogP contribution in [0.5, 0.6) is 0 Å². The highest BCUT2D eigenvalue weighted by atomic mass is 16.5. The average Bonchev–Trinajstić information content (AvgIpc) is 2.37. The predicted octanol–water partition coefficient (Wildman–Crippen LogP) is 2.85. The first-order valence-electron chi connectivity index (χ1n) is 6.93. The van der Waals surface area contributed by atoms with Gasteiger partial charge in [0.2, 0.25) is 0 Å². The summed E-state index contributed by atoms with van der Waals surface area (Å²) in [7, 11) is 3.85. The second-order valence-electron chi connectivity index (χ2n) is 5.47. The summed E-state index contributed by atoms with van der Waals surface area (Å²) in [6.45, 7) is 3.91. The average molecular weight is 287 g/mol. The molecule has 1 aromatic rings. The summed E-state index contributed by atoms with van der Waals surface area (Å²) < 4.78 is 5.09. The molecule has 2 rings (SSSR count). The van der Waals surface area contributed by atoms with Crippen LogP contribution in [0.4, 0.5) is 11.4 Å². The highest BCUT2D eigenvalue weighted by Gasteiger charge is 2.18. The van der Waals surface area contributed by atoms with Gasteiger partial charge in [0.25, 0.3) is 0 Å². The topological polar surface area (TPSA) is 53.9 Å². The number of benzene rings is 1. The van der Waals surface area contributed by atoms with Gasteiger partial charge in [0.05, 0.1) is 17.7 Å². The number of hydrogen-bond donors (Lipinski definition) is 1. The number of carbonyl (C=O) groups is 1. The van der Waals surface area contributed by atoms with E-state index in [-0.39, 0.29) is 12.1 Å². The van der Waals surface area contributed by atoms with Crippen molar-refractivity contribution in [2.24, 2.45) is 4.99 Å². The second-order valence-corrected chi connectivity index (χ2v) is 5.47. The standard InChI is InChI=1S/C16H21N3O2/c1-11-5-6-14(15(7-11)17-10-19(3)4)18-13-8-12(2)21-16(20)9-13/h5-7,9-10,12,18H,8H2,1-4H3. The largest absolute Gasteiger partial charge is 0.459 e. The van der Waals surface area contributed by atoms with Crippen molar-refractivity contribution in [1.29, 1.82) is 0 Å². The number of carbonyl (C=O) groups excluding carboxylic acids is 1. The summed E-state index contributed by atoms with van der Waals surface area (Å²) >= 11 is 0. The van der Waals surface area contributed by atoms with E-state index in [0.29, 0.717) is 6.42 Å². The Morgan fingerprint density at radius 2 is 2.19 bits per heavy atom. The molecule has 1 heterocycles. The number of ether oxygens (including phenoxy) is 1. The van der Waals surface area contributed by atoms with Gasteiger partial charge in [-0.1, -0.05) is 6.07 Å². The third kappa shape index (κ3) is 4.34. The van der Waals surface area contributed by atoms with E-state index in [1.165, 1.54) is 6.08 Å². The maximum atomic E-state index is 11.5. The van der Waals surface area contributed by atoms with Crippen LogP contribution in [0.25, 0.3) is 0 Å². The lowest BCUT2D eigenvalue weighted by Crippen LogP contribution is -2.22. The molecule has 1 aliphatic rings.